The smallest absolute Gasteiger partial charge is 0.243 e. The number of hydrogen-bond acceptors (Lipinski definition) is 5. The third-order valence-electron chi connectivity index (χ3n) is 5.47. The molecular weight excluding hydrogens is 454 g/mol. The molecule has 0 saturated carbocycles. The fraction of sp³-hybridized carbons (Fsp3) is 0.440. The molecule has 0 unspecified atom stereocenters. The summed E-state index contributed by atoms with van der Waals surface area (Å²) >= 11 is 0. The van der Waals surface area contributed by atoms with Gasteiger partial charge in [0.2, 0.25) is 21.8 Å². The lowest BCUT2D eigenvalue weighted by Crippen LogP contribution is -2.36. The summed E-state index contributed by atoms with van der Waals surface area (Å²) in [7, 11) is -3.69. The molecule has 9 heteroatoms. The molecule has 2 N–H and O–H groups in total. The highest BCUT2D eigenvalue weighted by Crippen LogP contribution is 2.33. The molecule has 1 heterocycles. The number of rotatable bonds is 8. The molecule has 8 nitrogen and oxygen atoms in total. The number of amides is 2. The number of carbonyl (C=O) groups excluding carboxylic acids is 2. The SMILES string of the molecule is CC(C)(C)C(=O)NCCC(=O)Nc1cc(S(=O)(=O)N2CCCCC2)ccc1Oc1ccccc1. The molecule has 34 heavy (non-hydrogen) atoms. The van der Waals surface area contributed by atoms with Gasteiger partial charge < -0.3 is 15.4 Å². The number of piperidine rings is 1. The highest BCUT2D eigenvalue weighted by molar-refractivity contribution is 7.89. The summed E-state index contributed by atoms with van der Waals surface area (Å²) in [6.07, 6.45) is 2.72. The van der Waals surface area contributed by atoms with Crippen LogP contribution in [0.3, 0.4) is 0 Å². The normalized spacial score (nSPS) is 14.9. The van der Waals surface area contributed by atoms with Gasteiger partial charge in [0.25, 0.3) is 0 Å². The number of nitrogens with zero attached hydrogens (tertiary/aromatic N) is 1. The Morgan fingerprint density at radius 2 is 1.68 bits per heavy atom. The fourth-order valence-corrected chi connectivity index (χ4v) is 5.04. The monoisotopic (exact) mass is 487 g/mol. The number of anilines is 1. The van der Waals surface area contributed by atoms with Crippen molar-refractivity contribution < 1.29 is 22.7 Å². The zero-order chi connectivity index (χ0) is 24.8. The lowest BCUT2D eigenvalue weighted by molar-refractivity contribution is -0.128. The maximum atomic E-state index is 13.2. The Bertz CT molecular complexity index is 1110. The van der Waals surface area contributed by atoms with Crippen LogP contribution in [0.5, 0.6) is 11.5 Å². The number of para-hydroxylation sites is 1. The van der Waals surface area contributed by atoms with Gasteiger partial charge in [0.15, 0.2) is 5.75 Å². The fourth-order valence-electron chi connectivity index (χ4n) is 3.49. The minimum Gasteiger partial charge on any atom is -0.455 e. The lowest BCUT2D eigenvalue weighted by atomic mass is 9.96. The molecule has 0 aliphatic carbocycles. The van der Waals surface area contributed by atoms with E-state index in [1.807, 2.05) is 18.2 Å². The zero-order valence-electron chi connectivity index (χ0n) is 20.0. The first-order valence-electron chi connectivity index (χ1n) is 11.5. The third-order valence-corrected chi connectivity index (χ3v) is 7.36. The summed E-state index contributed by atoms with van der Waals surface area (Å²) in [5, 5.41) is 5.50. The second kappa shape index (κ2) is 11.0. The average molecular weight is 488 g/mol. The van der Waals surface area contributed by atoms with Gasteiger partial charge in [-0.25, -0.2) is 8.42 Å². The standard InChI is InChI=1S/C25H33N3O5S/c1-25(2,3)24(30)26-15-14-23(29)27-21-18-20(34(31,32)28-16-8-5-9-17-28)12-13-22(21)33-19-10-6-4-7-11-19/h4,6-7,10-13,18H,5,8-9,14-17H2,1-3H3,(H,26,30)(H,27,29). The van der Waals surface area contributed by atoms with E-state index in [0.29, 0.717) is 24.6 Å². The van der Waals surface area contributed by atoms with Crippen molar-refractivity contribution in [3.05, 3.63) is 48.5 Å². The molecule has 0 atom stereocenters. The van der Waals surface area contributed by atoms with Crippen LogP contribution in [-0.2, 0) is 19.6 Å². The first kappa shape index (κ1) is 25.7. The minimum atomic E-state index is -3.69. The number of carbonyl (C=O) groups is 2. The Hall–Kier alpha value is -2.91. The summed E-state index contributed by atoms with van der Waals surface area (Å²) in [6.45, 7) is 6.53. The molecule has 1 aliphatic heterocycles. The second-order valence-corrected chi connectivity index (χ2v) is 11.3. The van der Waals surface area contributed by atoms with Gasteiger partial charge in [-0.3, -0.25) is 9.59 Å². The van der Waals surface area contributed by atoms with Gasteiger partial charge in [-0.05, 0) is 43.2 Å². The van der Waals surface area contributed by atoms with Gasteiger partial charge in [-0.1, -0.05) is 45.4 Å². The Kier molecular flexibility index (Phi) is 8.33. The van der Waals surface area contributed by atoms with E-state index in [9.17, 15) is 18.0 Å². The summed E-state index contributed by atoms with van der Waals surface area (Å²) < 4.78 is 33.7. The highest BCUT2D eigenvalue weighted by Gasteiger charge is 2.27. The van der Waals surface area contributed by atoms with Crippen LogP contribution in [0, 0.1) is 5.41 Å². The van der Waals surface area contributed by atoms with E-state index < -0.39 is 15.4 Å². The summed E-state index contributed by atoms with van der Waals surface area (Å²) in [5.74, 6) is 0.376. The molecule has 0 radical (unpaired) electrons. The average Bonchev–Trinajstić information content (AvgIpc) is 2.80. The molecule has 2 amide bonds. The van der Waals surface area contributed by atoms with Crippen LogP contribution in [0.4, 0.5) is 5.69 Å². The number of nitrogens with one attached hydrogen (secondary N) is 2. The number of ether oxygens (including phenoxy) is 1. The molecule has 3 rings (SSSR count). The summed E-state index contributed by atoms with van der Waals surface area (Å²) in [5.41, 5.74) is -0.293. The highest BCUT2D eigenvalue weighted by atomic mass is 32.2. The molecule has 184 valence electrons. The first-order chi connectivity index (χ1) is 16.1. The first-order valence-corrected chi connectivity index (χ1v) is 13.0. The Morgan fingerprint density at radius 3 is 2.32 bits per heavy atom. The number of sulfonamides is 1. The number of hydrogen-bond donors (Lipinski definition) is 2. The maximum Gasteiger partial charge on any atom is 0.243 e. The van der Waals surface area contributed by atoms with Gasteiger partial charge in [0.05, 0.1) is 10.6 Å². The molecule has 1 saturated heterocycles. The van der Waals surface area contributed by atoms with E-state index in [0.717, 1.165) is 19.3 Å². The molecule has 1 fully saturated rings. The summed E-state index contributed by atoms with van der Waals surface area (Å²) in [6, 6.07) is 13.5. The van der Waals surface area contributed by atoms with E-state index in [-0.39, 0.29) is 35.4 Å². The third kappa shape index (κ3) is 6.80. The Balaban J connectivity index is 1.80. The van der Waals surface area contributed by atoms with Crippen molar-refractivity contribution in [3.63, 3.8) is 0 Å². The lowest BCUT2D eigenvalue weighted by Gasteiger charge is -2.26. The maximum absolute atomic E-state index is 13.2. The second-order valence-electron chi connectivity index (χ2n) is 9.34. The van der Waals surface area contributed by atoms with Gasteiger partial charge in [0, 0.05) is 31.5 Å². The van der Waals surface area contributed by atoms with E-state index >= 15 is 0 Å². The van der Waals surface area contributed by atoms with Crippen LogP contribution in [0.15, 0.2) is 53.4 Å². The van der Waals surface area contributed by atoms with Crippen LogP contribution >= 0.6 is 0 Å². The van der Waals surface area contributed by atoms with Crippen molar-refractivity contribution in [1.82, 2.24) is 9.62 Å². The molecule has 2 aromatic carbocycles. The van der Waals surface area contributed by atoms with Crippen LogP contribution in [0.25, 0.3) is 0 Å². The van der Waals surface area contributed by atoms with Crippen LogP contribution in [-0.4, -0.2) is 44.2 Å². The zero-order valence-corrected chi connectivity index (χ0v) is 20.8. The van der Waals surface area contributed by atoms with Crippen molar-refractivity contribution >= 4 is 27.5 Å². The van der Waals surface area contributed by atoms with E-state index in [1.54, 1.807) is 39.0 Å². The molecule has 0 aromatic heterocycles. The van der Waals surface area contributed by atoms with Gasteiger partial charge in [0.1, 0.15) is 5.75 Å². The Labute approximate surface area is 201 Å². The quantitative estimate of drug-likeness (QED) is 0.582. The van der Waals surface area contributed by atoms with Crippen LogP contribution in [0.2, 0.25) is 0 Å². The Morgan fingerprint density at radius 1 is 1.00 bits per heavy atom. The topological polar surface area (TPSA) is 105 Å². The molecule has 1 aliphatic rings. The van der Waals surface area contributed by atoms with Gasteiger partial charge in [-0.15, -0.1) is 0 Å². The molecule has 0 spiro atoms. The van der Waals surface area contributed by atoms with Crippen molar-refractivity contribution in [3.8, 4) is 11.5 Å². The van der Waals surface area contributed by atoms with Crippen molar-refractivity contribution in [2.75, 3.05) is 25.0 Å². The molecule has 2 aromatic rings. The minimum absolute atomic E-state index is 0.0374. The summed E-state index contributed by atoms with van der Waals surface area (Å²) in [4.78, 5) is 24.8. The molecular formula is C25H33N3O5S. The van der Waals surface area contributed by atoms with Crippen molar-refractivity contribution in [2.45, 2.75) is 51.3 Å². The van der Waals surface area contributed by atoms with E-state index in [2.05, 4.69) is 10.6 Å². The number of benzene rings is 2. The van der Waals surface area contributed by atoms with Crippen molar-refractivity contribution in [1.29, 1.82) is 0 Å². The predicted molar refractivity (Wildman–Crippen MR) is 131 cm³/mol. The van der Waals surface area contributed by atoms with Crippen molar-refractivity contribution in [2.24, 2.45) is 5.41 Å². The van der Waals surface area contributed by atoms with Crippen LogP contribution < -0.4 is 15.4 Å². The van der Waals surface area contributed by atoms with Crippen LogP contribution in [0.1, 0.15) is 46.5 Å². The van der Waals surface area contributed by atoms with E-state index in [4.69, 9.17) is 4.74 Å². The van der Waals surface area contributed by atoms with Gasteiger partial charge >= 0.3 is 0 Å². The largest absolute Gasteiger partial charge is 0.455 e. The molecule has 0 bridgehead atoms. The predicted octanol–water partition coefficient (Wildman–Crippen LogP) is 4.14. The van der Waals surface area contributed by atoms with Gasteiger partial charge in [-0.2, -0.15) is 4.31 Å². The van der Waals surface area contributed by atoms with E-state index in [1.165, 1.54) is 16.4 Å².